The number of hydrogen-bond acceptors (Lipinski definition) is 3. The first-order chi connectivity index (χ1) is 35.1. The number of benzene rings is 7. The molecular formula is C66H70N4O. The molecule has 0 fully saturated rings. The maximum absolute atomic E-state index is 14.7. The molecule has 0 spiro atoms. The lowest BCUT2D eigenvalue weighted by Gasteiger charge is -2.23. The quantitative estimate of drug-likeness (QED) is 0.0294. The number of rotatable bonds is 22. The van der Waals surface area contributed by atoms with Crippen molar-refractivity contribution in [3.8, 4) is 35.1 Å². The van der Waals surface area contributed by atoms with E-state index in [0.717, 1.165) is 86.4 Å². The van der Waals surface area contributed by atoms with E-state index in [0.29, 0.717) is 5.65 Å². The lowest BCUT2D eigenvalue weighted by Crippen LogP contribution is -2.13. The molecule has 0 unspecified atom stereocenters. The molecule has 0 saturated carbocycles. The second kappa shape index (κ2) is 21.5. The summed E-state index contributed by atoms with van der Waals surface area (Å²) < 4.78 is 4.21. The summed E-state index contributed by atoms with van der Waals surface area (Å²) in [7, 11) is 0. The second-order valence-electron chi connectivity index (χ2n) is 20.9. The number of imidazole rings is 2. The monoisotopic (exact) mass is 935 g/mol. The number of nitrogens with zero attached hydrogens (tertiary/aromatic N) is 4. The van der Waals surface area contributed by atoms with Crippen LogP contribution in [-0.4, -0.2) is 18.9 Å². The van der Waals surface area contributed by atoms with E-state index in [1.807, 2.05) is 10.5 Å². The van der Waals surface area contributed by atoms with Gasteiger partial charge >= 0.3 is 0 Å². The highest BCUT2D eigenvalue weighted by Gasteiger charge is 2.27. The number of hydrogen-bond donors (Lipinski definition) is 0. The Labute approximate surface area is 420 Å². The Morgan fingerprint density at radius 2 is 0.901 bits per heavy atom. The third-order valence-electron chi connectivity index (χ3n) is 15.9. The van der Waals surface area contributed by atoms with Crippen molar-refractivity contribution in [3.63, 3.8) is 0 Å². The van der Waals surface area contributed by atoms with E-state index in [-0.39, 0.29) is 5.56 Å². The summed E-state index contributed by atoms with van der Waals surface area (Å²) >= 11 is 0. The maximum atomic E-state index is 14.7. The van der Waals surface area contributed by atoms with Gasteiger partial charge in [-0.05, 0) is 111 Å². The lowest BCUT2D eigenvalue weighted by atomic mass is 9.84. The highest BCUT2D eigenvalue weighted by molar-refractivity contribution is 6.38. The molecule has 3 aromatic heterocycles. The number of fused-ring (bicyclic) bond motifs is 10. The first-order valence-corrected chi connectivity index (χ1v) is 27.9. The fourth-order valence-electron chi connectivity index (χ4n) is 12.1. The molecule has 11 rings (SSSR count). The van der Waals surface area contributed by atoms with Crippen molar-refractivity contribution in [1.29, 1.82) is 0 Å². The zero-order valence-corrected chi connectivity index (χ0v) is 42.5. The van der Waals surface area contributed by atoms with Crippen LogP contribution in [0.5, 0.6) is 0 Å². The Morgan fingerprint density at radius 1 is 0.451 bits per heavy atom. The Bertz CT molecular complexity index is 3690. The van der Waals surface area contributed by atoms with Gasteiger partial charge in [0.2, 0.25) is 0 Å². The van der Waals surface area contributed by atoms with Crippen LogP contribution in [-0.2, 0) is 6.54 Å². The van der Waals surface area contributed by atoms with Gasteiger partial charge in [0.25, 0.3) is 5.56 Å². The molecule has 0 aliphatic carbocycles. The average Bonchev–Trinajstić information content (AvgIpc) is 3.97. The summed E-state index contributed by atoms with van der Waals surface area (Å²) in [5, 5.41) is 11.2. The first-order valence-electron chi connectivity index (χ1n) is 27.9. The second-order valence-corrected chi connectivity index (χ2v) is 20.9. The fraction of sp³-hybridized carbons (Fsp3) is 0.409. The molecule has 1 aliphatic heterocycles. The summed E-state index contributed by atoms with van der Waals surface area (Å²) in [5.41, 5.74) is 8.92. The summed E-state index contributed by atoms with van der Waals surface area (Å²) in [6, 6.07) is 30.6. The molecule has 0 atom stereocenters. The topological polar surface area (TPSA) is 52.2 Å². The zero-order chi connectivity index (χ0) is 48.1. The van der Waals surface area contributed by atoms with Gasteiger partial charge in [-0.25, -0.2) is 9.97 Å². The third-order valence-corrected chi connectivity index (χ3v) is 15.9. The third kappa shape index (κ3) is 9.23. The van der Waals surface area contributed by atoms with Crippen LogP contribution in [0.4, 0.5) is 0 Å². The zero-order valence-electron chi connectivity index (χ0n) is 42.5. The molecule has 7 aromatic carbocycles. The fourth-order valence-corrected chi connectivity index (χ4v) is 12.1. The molecule has 0 amide bonds. The van der Waals surface area contributed by atoms with Gasteiger partial charge in [-0.2, -0.15) is 0 Å². The van der Waals surface area contributed by atoms with Crippen LogP contribution in [0.1, 0.15) is 185 Å². The van der Waals surface area contributed by atoms with Gasteiger partial charge in [0.15, 0.2) is 0 Å². The van der Waals surface area contributed by atoms with Crippen molar-refractivity contribution < 1.29 is 0 Å². The van der Waals surface area contributed by atoms with Crippen LogP contribution in [0.2, 0.25) is 0 Å². The molecule has 5 nitrogen and oxygen atoms in total. The Morgan fingerprint density at radius 3 is 1.48 bits per heavy atom. The van der Waals surface area contributed by atoms with Gasteiger partial charge in [-0.3, -0.25) is 9.20 Å². The predicted molar refractivity (Wildman–Crippen MR) is 303 cm³/mol. The normalized spacial score (nSPS) is 12.4. The summed E-state index contributed by atoms with van der Waals surface area (Å²) in [6.07, 6.45) is 31.4. The Hall–Kier alpha value is -6.43. The van der Waals surface area contributed by atoms with E-state index < -0.39 is 0 Å². The maximum Gasteiger partial charge on any atom is 0.264 e. The summed E-state index contributed by atoms with van der Waals surface area (Å²) in [6.45, 7) is 5.33. The van der Waals surface area contributed by atoms with Crippen LogP contribution in [0.25, 0.3) is 93.0 Å². The van der Waals surface area contributed by atoms with Gasteiger partial charge in [-0.15, -0.1) is 0 Å². The van der Waals surface area contributed by atoms with Gasteiger partial charge in [0.1, 0.15) is 11.5 Å². The minimum atomic E-state index is -0.0294. The molecule has 5 heteroatoms. The predicted octanol–water partition coefficient (Wildman–Crippen LogP) is 18.0. The van der Waals surface area contributed by atoms with Crippen molar-refractivity contribution in [1.82, 2.24) is 18.9 Å². The van der Waals surface area contributed by atoms with E-state index in [9.17, 15) is 4.79 Å². The van der Waals surface area contributed by atoms with E-state index in [1.165, 1.54) is 178 Å². The van der Waals surface area contributed by atoms with Gasteiger partial charge in [-0.1, -0.05) is 196 Å². The van der Waals surface area contributed by atoms with Crippen molar-refractivity contribution in [3.05, 3.63) is 112 Å². The molecule has 0 radical (unpaired) electrons. The van der Waals surface area contributed by atoms with Crippen molar-refractivity contribution >= 4 is 81.6 Å². The SMILES string of the molecule is CCCCCCCCCCCCCC#Cc1ccc2nc3n(c2c1)Cc1ccc2c4ccc5c6c(ccc(c7ccc-3c1c72)c46)c(=O)n1c2cc(C#CCCCCCCCCCCCCC)ccc2nc51. The van der Waals surface area contributed by atoms with Gasteiger partial charge in [0, 0.05) is 45.7 Å². The summed E-state index contributed by atoms with van der Waals surface area (Å²) in [5.74, 6) is 14.8. The van der Waals surface area contributed by atoms with E-state index in [2.05, 4.69) is 121 Å². The molecule has 0 N–H and O–H groups in total. The van der Waals surface area contributed by atoms with Crippen LogP contribution in [0, 0.1) is 23.7 Å². The van der Waals surface area contributed by atoms with Gasteiger partial charge < -0.3 is 4.57 Å². The Balaban J connectivity index is 0.827. The largest absolute Gasteiger partial charge is 0.319 e. The van der Waals surface area contributed by atoms with Crippen molar-refractivity contribution in [2.24, 2.45) is 0 Å². The van der Waals surface area contributed by atoms with Crippen LogP contribution in [0.3, 0.4) is 0 Å². The number of unbranched alkanes of at least 4 members (excludes halogenated alkanes) is 22. The average molecular weight is 935 g/mol. The molecule has 360 valence electrons. The number of pyridine rings is 1. The standard InChI is InChI=1S/C66H70N4O/c1-3-5-7-9-11-13-15-17-19-21-23-25-27-29-46-31-41-56-58(43-46)69-45-48-33-34-49-51-36-39-54-63-55(40-37-52(62(51)63)50-35-38-53(64(69)67-56)60(48)61(49)50)66(71)70-59-44-47(32-42-57(59)68-65(54)70)30-28-26-24-22-20-18-16-14-12-10-8-6-4-2/h31-44H,3-26,45H2,1-2H3. The van der Waals surface area contributed by atoms with Crippen molar-refractivity contribution in [2.75, 3.05) is 0 Å². The summed E-state index contributed by atoms with van der Waals surface area (Å²) in [4.78, 5) is 25.1. The smallest absolute Gasteiger partial charge is 0.264 e. The minimum Gasteiger partial charge on any atom is -0.319 e. The van der Waals surface area contributed by atoms with Crippen LogP contribution < -0.4 is 5.56 Å². The number of aromatic nitrogens is 4. The van der Waals surface area contributed by atoms with E-state index in [4.69, 9.17) is 9.97 Å². The molecule has 10 aromatic rings. The van der Waals surface area contributed by atoms with Gasteiger partial charge in [0.05, 0.1) is 28.6 Å². The molecule has 0 bridgehead atoms. The van der Waals surface area contributed by atoms with Crippen LogP contribution in [0.15, 0.2) is 89.7 Å². The molecule has 4 heterocycles. The van der Waals surface area contributed by atoms with E-state index >= 15 is 0 Å². The van der Waals surface area contributed by atoms with Crippen LogP contribution >= 0.6 is 0 Å². The van der Waals surface area contributed by atoms with Crippen molar-refractivity contribution in [2.45, 2.75) is 174 Å². The minimum absolute atomic E-state index is 0.0294. The molecule has 71 heavy (non-hydrogen) atoms. The molecule has 1 aliphatic rings. The first kappa shape index (κ1) is 46.9. The molecule has 0 saturated heterocycles. The Kier molecular flexibility index (Phi) is 14.2. The van der Waals surface area contributed by atoms with E-state index in [1.54, 1.807) is 0 Å². The molecular weight excluding hydrogens is 865 g/mol. The lowest BCUT2D eigenvalue weighted by molar-refractivity contribution is 0.551. The highest BCUT2D eigenvalue weighted by Crippen LogP contribution is 2.48. The highest BCUT2D eigenvalue weighted by atomic mass is 16.1.